The topological polar surface area (TPSA) is 40.4 Å². The minimum Gasteiger partial charge on any atom is -0.497 e. The van der Waals surface area contributed by atoms with E-state index in [-0.39, 0.29) is 0 Å². The summed E-state index contributed by atoms with van der Waals surface area (Å²) in [6.07, 6.45) is 6.00. The predicted octanol–water partition coefficient (Wildman–Crippen LogP) is 11.7. The molecule has 2 aromatic heterocycles. The third-order valence-corrected chi connectivity index (χ3v) is 9.46. The highest BCUT2D eigenvalue weighted by molar-refractivity contribution is 5.92. The monoisotopic (exact) mass is 663 g/mol. The Bertz CT molecular complexity index is 2440. The minimum absolute atomic E-state index is 0.738. The van der Waals surface area contributed by atoms with Crippen LogP contribution in [0.5, 0.6) is 11.5 Å². The van der Waals surface area contributed by atoms with E-state index in [9.17, 15) is 0 Å². The standard InChI is InChI=1S/C46H37N3O2/c1-5-31(2)47-42-15-9-6-12-39(42)34-26-35(40-13-7-10-16-45(40)48-24-22-32-29-37(50-3)18-20-43(32)48)28-36(27-34)41-14-8-11-17-46(41)49-25-23-33-30-38(51-4)19-21-44(33)49/h5-30,47H,1-2H2,3-4H3. The number of benzene rings is 6. The number of para-hydroxylation sites is 3. The first-order chi connectivity index (χ1) is 25.0. The summed E-state index contributed by atoms with van der Waals surface area (Å²) in [6, 6.07) is 49.1. The molecule has 0 spiro atoms. The molecule has 0 saturated carbocycles. The first-order valence-electron chi connectivity index (χ1n) is 16.9. The number of hydrogen-bond donors (Lipinski definition) is 1. The van der Waals surface area contributed by atoms with Crippen molar-refractivity contribution in [2.45, 2.75) is 0 Å². The Hall–Kier alpha value is -6.72. The molecule has 51 heavy (non-hydrogen) atoms. The quantitative estimate of drug-likeness (QED) is 0.148. The van der Waals surface area contributed by atoms with Gasteiger partial charge in [0.1, 0.15) is 11.5 Å². The molecule has 0 radical (unpaired) electrons. The molecule has 0 unspecified atom stereocenters. The number of nitrogens with zero attached hydrogens (tertiary/aromatic N) is 2. The summed E-state index contributed by atoms with van der Waals surface area (Å²) < 4.78 is 15.6. The van der Waals surface area contributed by atoms with E-state index in [0.717, 1.165) is 89.4 Å². The van der Waals surface area contributed by atoms with Gasteiger partial charge < -0.3 is 23.9 Å². The van der Waals surface area contributed by atoms with Crippen LogP contribution in [0, 0.1) is 0 Å². The molecule has 0 amide bonds. The second-order valence-electron chi connectivity index (χ2n) is 12.5. The Kier molecular flexibility index (Phi) is 8.22. The summed E-state index contributed by atoms with van der Waals surface area (Å²) >= 11 is 0. The molecule has 0 aliphatic heterocycles. The SMILES string of the molecule is C=CC(=C)Nc1ccccc1-c1cc(-c2ccccc2-n2ccc3cc(OC)ccc32)cc(-c2ccccc2-n2ccc3cc(OC)ccc32)c1. The van der Waals surface area contributed by atoms with Crippen LogP contribution in [0.2, 0.25) is 0 Å². The van der Waals surface area contributed by atoms with Crippen molar-refractivity contribution in [2.24, 2.45) is 0 Å². The lowest BCUT2D eigenvalue weighted by Crippen LogP contribution is -1.99. The highest BCUT2D eigenvalue weighted by Crippen LogP contribution is 2.40. The molecule has 0 aliphatic rings. The van der Waals surface area contributed by atoms with E-state index in [1.807, 2.05) is 18.2 Å². The Labute approximate surface area is 298 Å². The number of nitrogens with one attached hydrogen (secondary N) is 1. The number of aromatic nitrogens is 2. The number of ether oxygens (including phenoxy) is 2. The van der Waals surface area contributed by atoms with Gasteiger partial charge in [-0.05, 0) is 108 Å². The van der Waals surface area contributed by atoms with Crippen LogP contribution >= 0.6 is 0 Å². The van der Waals surface area contributed by atoms with Gasteiger partial charge in [0.15, 0.2) is 0 Å². The highest BCUT2D eigenvalue weighted by Gasteiger charge is 2.17. The first kappa shape index (κ1) is 31.5. The van der Waals surface area contributed by atoms with E-state index in [0.29, 0.717) is 0 Å². The van der Waals surface area contributed by atoms with Crippen LogP contribution in [0.25, 0.3) is 66.6 Å². The lowest BCUT2D eigenvalue weighted by Gasteiger charge is -2.19. The smallest absolute Gasteiger partial charge is 0.119 e. The largest absolute Gasteiger partial charge is 0.497 e. The maximum absolute atomic E-state index is 5.52. The zero-order valence-electron chi connectivity index (χ0n) is 28.6. The molecule has 8 aromatic rings. The summed E-state index contributed by atoms with van der Waals surface area (Å²) in [6.45, 7) is 8.05. The van der Waals surface area contributed by atoms with Crippen molar-refractivity contribution >= 4 is 27.5 Å². The van der Waals surface area contributed by atoms with E-state index < -0.39 is 0 Å². The van der Waals surface area contributed by atoms with E-state index in [2.05, 4.69) is 161 Å². The lowest BCUT2D eigenvalue weighted by molar-refractivity contribution is 0.415. The molecule has 0 atom stereocenters. The van der Waals surface area contributed by atoms with Crippen LogP contribution in [0.3, 0.4) is 0 Å². The summed E-state index contributed by atoms with van der Waals surface area (Å²) in [5.74, 6) is 1.68. The normalized spacial score (nSPS) is 11.1. The average Bonchev–Trinajstić information content (AvgIpc) is 3.81. The first-order valence-corrected chi connectivity index (χ1v) is 16.9. The van der Waals surface area contributed by atoms with Crippen LogP contribution in [-0.4, -0.2) is 23.4 Å². The summed E-state index contributed by atoms with van der Waals surface area (Å²) in [5, 5.41) is 5.70. The molecular weight excluding hydrogens is 627 g/mol. The third kappa shape index (κ3) is 5.85. The van der Waals surface area contributed by atoms with Crippen molar-refractivity contribution in [1.29, 1.82) is 0 Å². The van der Waals surface area contributed by atoms with Crippen molar-refractivity contribution in [3.05, 3.63) is 177 Å². The molecule has 2 heterocycles. The number of allylic oxidation sites excluding steroid dienone is 1. The maximum Gasteiger partial charge on any atom is 0.119 e. The second kappa shape index (κ2) is 13.3. The molecule has 8 rings (SSSR count). The van der Waals surface area contributed by atoms with E-state index in [1.165, 1.54) is 0 Å². The average molecular weight is 664 g/mol. The summed E-state index contributed by atoms with van der Waals surface area (Å²) in [4.78, 5) is 0. The Balaban J connectivity index is 1.36. The zero-order valence-corrected chi connectivity index (χ0v) is 28.6. The molecule has 0 aliphatic carbocycles. The van der Waals surface area contributed by atoms with Crippen LogP contribution in [0.1, 0.15) is 0 Å². The fourth-order valence-corrected chi connectivity index (χ4v) is 6.93. The maximum atomic E-state index is 5.52. The van der Waals surface area contributed by atoms with Gasteiger partial charge in [-0.2, -0.15) is 0 Å². The van der Waals surface area contributed by atoms with Crippen molar-refractivity contribution in [1.82, 2.24) is 9.13 Å². The van der Waals surface area contributed by atoms with Gasteiger partial charge in [-0.15, -0.1) is 0 Å². The molecule has 5 nitrogen and oxygen atoms in total. The van der Waals surface area contributed by atoms with Gasteiger partial charge in [0.25, 0.3) is 0 Å². The van der Waals surface area contributed by atoms with Crippen LogP contribution < -0.4 is 14.8 Å². The Morgan fingerprint density at radius 2 is 1.00 bits per heavy atom. The Morgan fingerprint density at radius 3 is 1.49 bits per heavy atom. The highest BCUT2D eigenvalue weighted by atomic mass is 16.5. The van der Waals surface area contributed by atoms with Gasteiger partial charge in [-0.1, -0.05) is 67.8 Å². The van der Waals surface area contributed by atoms with Crippen molar-refractivity contribution < 1.29 is 9.47 Å². The zero-order chi connectivity index (χ0) is 34.9. The van der Waals surface area contributed by atoms with Gasteiger partial charge in [0.05, 0.1) is 36.6 Å². The van der Waals surface area contributed by atoms with Gasteiger partial charge >= 0.3 is 0 Å². The molecule has 0 bridgehead atoms. The Morgan fingerprint density at radius 1 is 0.549 bits per heavy atom. The summed E-state index contributed by atoms with van der Waals surface area (Å²) in [5.41, 5.74) is 12.7. The molecule has 248 valence electrons. The molecule has 0 saturated heterocycles. The number of anilines is 1. The molecule has 5 heteroatoms. The van der Waals surface area contributed by atoms with Crippen LogP contribution in [-0.2, 0) is 0 Å². The third-order valence-electron chi connectivity index (χ3n) is 9.46. The van der Waals surface area contributed by atoms with Crippen LogP contribution in [0.15, 0.2) is 177 Å². The fourth-order valence-electron chi connectivity index (χ4n) is 6.93. The van der Waals surface area contributed by atoms with Gasteiger partial charge in [-0.3, -0.25) is 0 Å². The number of rotatable bonds is 10. The van der Waals surface area contributed by atoms with E-state index >= 15 is 0 Å². The predicted molar refractivity (Wildman–Crippen MR) is 212 cm³/mol. The van der Waals surface area contributed by atoms with Gasteiger partial charge in [-0.25, -0.2) is 0 Å². The van der Waals surface area contributed by atoms with Crippen LogP contribution in [0.4, 0.5) is 5.69 Å². The van der Waals surface area contributed by atoms with Gasteiger partial charge in [0, 0.05) is 51.2 Å². The molecule has 6 aromatic carbocycles. The fraction of sp³-hybridized carbons (Fsp3) is 0.0435. The van der Waals surface area contributed by atoms with Crippen molar-refractivity contribution in [3.8, 4) is 56.3 Å². The van der Waals surface area contributed by atoms with E-state index in [1.54, 1.807) is 20.3 Å². The summed E-state index contributed by atoms with van der Waals surface area (Å²) in [7, 11) is 3.40. The number of hydrogen-bond acceptors (Lipinski definition) is 3. The van der Waals surface area contributed by atoms with Crippen molar-refractivity contribution in [3.63, 3.8) is 0 Å². The minimum atomic E-state index is 0.738. The van der Waals surface area contributed by atoms with Crippen molar-refractivity contribution in [2.75, 3.05) is 19.5 Å². The van der Waals surface area contributed by atoms with Gasteiger partial charge in [0.2, 0.25) is 0 Å². The number of methoxy groups -OCH3 is 2. The number of fused-ring (bicyclic) bond motifs is 2. The molecular formula is C46H37N3O2. The second-order valence-corrected chi connectivity index (χ2v) is 12.5. The van der Waals surface area contributed by atoms with E-state index in [4.69, 9.17) is 9.47 Å². The lowest BCUT2D eigenvalue weighted by atomic mass is 9.91. The molecule has 1 N–H and O–H groups in total. The molecule has 0 fully saturated rings.